The summed E-state index contributed by atoms with van der Waals surface area (Å²) in [6.07, 6.45) is 0. The number of rotatable bonds is 2. The number of hydrogen-bond acceptors (Lipinski definition) is 2. The Morgan fingerprint density at radius 1 is 1.44 bits per heavy atom. The van der Waals surface area contributed by atoms with Crippen LogP contribution in [0.4, 0.5) is 5.69 Å². The number of aryl methyl sites for hydroxylation is 2. The molecule has 1 amide bonds. The topological polar surface area (TPSA) is 57.8 Å². The van der Waals surface area contributed by atoms with Crippen molar-refractivity contribution in [2.75, 3.05) is 5.32 Å². The lowest BCUT2D eigenvalue weighted by Crippen LogP contribution is -2.14. The van der Waals surface area contributed by atoms with E-state index in [1.807, 2.05) is 6.92 Å². The third-order valence-corrected chi connectivity index (χ3v) is 3.95. The lowest BCUT2D eigenvalue weighted by molar-refractivity contribution is 0.102. The first-order valence-corrected chi connectivity index (χ1v) is 6.44. The van der Waals surface area contributed by atoms with Crippen molar-refractivity contribution in [3.05, 3.63) is 44.6 Å². The second-order valence-corrected chi connectivity index (χ2v) is 5.06. The molecule has 2 rings (SSSR count). The first-order valence-electron chi connectivity index (χ1n) is 5.27. The summed E-state index contributed by atoms with van der Waals surface area (Å²) in [7, 11) is 0. The fourth-order valence-corrected chi connectivity index (χ4v) is 2.21. The van der Waals surface area contributed by atoms with Gasteiger partial charge in [-0.1, -0.05) is 17.7 Å². The Bertz CT molecular complexity index is 590. The molecule has 1 heterocycles. The van der Waals surface area contributed by atoms with E-state index in [0.29, 0.717) is 26.4 Å². The van der Waals surface area contributed by atoms with Gasteiger partial charge in [-0.05, 0) is 41.9 Å². The van der Waals surface area contributed by atoms with E-state index >= 15 is 0 Å². The number of hydrogen-bond donors (Lipinski definition) is 2. The standard InChI is InChI=1S/C12H11BrClN3O/c1-6-10(7(2)17-16-6)12(18)15-9-5-3-4-8(14)11(9)13/h3-5H,1-2H3,(H,15,18)(H,16,17). The summed E-state index contributed by atoms with van der Waals surface area (Å²) < 4.78 is 0.666. The van der Waals surface area contributed by atoms with Crippen LogP contribution in [0.2, 0.25) is 5.02 Å². The Balaban J connectivity index is 2.30. The van der Waals surface area contributed by atoms with Crippen molar-refractivity contribution in [3.8, 4) is 0 Å². The van der Waals surface area contributed by atoms with Gasteiger partial charge >= 0.3 is 0 Å². The molecule has 0 unspecified atom stereocenters. The van der Waals surface area contributed by atoms with E-state index in [-0.39, 0.29) is 5.91 Å². The minimum atomic E-state index is -0.207. The molecule has 1 aromatic carbocycles. The zero-order valence-electron chi connectivity index (χ0n) is 9.84. The van der Waals surface area contributed by atoms with Crippen molar-refractivity contribution >= 4 is 39.1 Å². The predicted molar refractivity (Wildman–Crippen MR) is 75.2 cm³/mol. The second-order valence-electron chi connectivity index (χ2n) is 3.86. The van der Waals surface area contributed by atoms with Crippen LogP contribution in [0.5, 0.6) is 0 Å². The van der Waals surface area contributed by atoms with Gasteiger partial charge in [0.25, 0.3) is 5.91 Å². The molecule has 2 aromatic rings. The number of aromatic nitrogens is 2. The number of carbonyl (C=O) groups excluding carboxylic acids is 1. The molecule has 0 bridgehead atoms. The number of amides is 1. The average molecular weight is 329 g/mol. The molecule has 2 N–H and O–H groups in total. The number of nitrogens with zero attached hydrogens (tertiary/aromatic N) is 1. The van der Waals surface area contributed by atoms with E-state index in [4.69, 9.17) is 11.6 Å². The number of benzene rings is 1. The Hall–Kier alpha value is -1.33. The van der Waals surface area contributed by atoms with Crippen LogP contribution in [0.3, 0.4) is 0 Å². The molecule has 18 heavy (non-hydrogen) atoms. The van der Waals surface area contributed by atoms with Crippen LogP contribution in [-0.2, 0) is 0 Å². The smallest absolute Gasteiger partial charge is 0.259 e. The van der Waals surface area contributed by atoms with Crippen molar-refractivity contribution in [1.82, 2.24) is 10.2 Å². The van der Waals surface area contributed by atoms with Crippen LogP contribution in [0, 0.1) is 13.8 Å². The maximum absolute atomic E-state index is 12.1. The van der Waals surface area contributed by atoms with Gasteiger partial charge in [-0.2, -0.15) is 5.10 Å². The van der Waals surface area contributed by atoms with Crippen molar-refractivity contribution in [3.63, 3.8) is 0 Å². The van der Waals surface area contributed by atoms with Crippen molar-refractivity contribution in [2.24, 2.45) is 0 Å². The van der Waals surface area contributed by atoms with Gasteiger partial charge in [-0.3, -0.25) is 9.89 Å². The number of carbonyl (C=O) groups is 1. The van der Waals surface area contributed by atoms with Crippen molar-refractivity contribution < 1.29 is 4.79 Å². The van der Waals surface area contributed by atoms with Gasteiger partial charge in [-0.15, -0.1) is 0 Å². The lowest BCUT2D eigenvalue weighted by atomic mass is 10.2. The number of nitrogens with one attached hydrogen (secondary N) is 2. The predicted octanol–water partition coefficient (Wildman–Crippen LogP) is 3.69. The van der Waals surface area contributed by atoms with Gasteiger partial charge < -0.3 is 5.32 Å². The SMILES string of the molecule is Cc1n[nH]c(C)c1C(=O)Nc1cccc(Cl)c1Br. The first kappa shape index (κ1) is 13.1. The second kappa shape index (κ2) is 5.12. The summed E-state index contributed by atoms with van der Waals surface area (Å²) in [5.41, 5.74) is 2.60. The molecule has 0 spiro atoms. The molecule has 6 heteroatoms. The van der Waals surface area contributed by atoms with Crippen molar-refractivity contribution in [2.45, 2.75) is 13.8 Å². The quantitative estimate of drug-likeness (QED) is 0.883. The molecule has 0 aliphatic rings. The van der Waals surface area contributed by atoms with E-state index in [0.717, 1.165) is 5.69 Å². The third-order valence-electron chi connectivity index (χ3n) is 2.55. The maximum atomic E-state index is 12.1. The van der Waals surface area contributed by atoms with E-state index < -0.39 is 0 Å². The highest BCUT2D eigenvalue weighted by Crippen LogP contribution is 2.30. The molecule has 4 nitrogen and oxygen atoms in total. The highest BCUT2D eigenvalue weighted by Gasteiger charge is 2.16. The number of halogens is 2. The third kappa shape index (κ3) is 2.42. The molecule has 0 fully saturated rings. The van der Waals surface area contributed by atoms with Crippen LogP contribution in [0.1, 0.15) is 21.7 Å². The Morgan fingerprint density at radius 2 is 2.17 bits per heavy atom. The fraction of sp³-hybridized carbons (Fsp3) is 0.167. The summed E-state index contributed by atoms with van der Waals surface area (Å²) in [6.45, 7) is 3.59. The lowest BCUT2D eigenvalue weighted by Gasteiger charge is -2.08. The summed E-state index contributed by atoms with van der Waals surface area (Å²) in [5.74, 6) is -0.207. The van der Waals surface area contributed by atoms with Crippen LogP contribution in [0.15, 0.2) is 22.7 Å². The molecule has 0 radical (unpaired) electrons. The zero-order valence-corrected chi connectivity index (χ0v) is 12.2. The maximum Gasteiger partial charge on any atom is 0.259 e. The van der Waals surface area contributed by atoms with Gasteiger partial charge in [0.1, 0.15) is 0 Å². The Labute approximate surface area is 118 Å². The van der Waals surface area contributed by atoms with Crippen LogP contribution in [-0.4, -0.2) is 16.1 Å². The summed E-state index contributed by atoms with van der Waals surface area (Å²) in [4.78, 5) is 12.1. The van der Waals surface area contributed by atoms with Gasteiger partial charge in [0.15, 0.2) is 0 Å². The van der Waals surface area contributed by atoms with Crippen LogP contribution < -0.4 is 5.32 Å². The normalized spacial score (nSPS) is 10.4. The minimum absolute atomic E-state index is 0.207. The minimum Gasteiger partial charge on any atom is -0.321 e. The first-order chi connectivity index (χ1) is 8.50. The molecule has 0 aliphatic heterocycles. The van der Waals surface area contributed by atoms with Gasteiger partial charge in [0, 0.05) is 5.69 Å². The zero-order chi connectivity index (χ0) is 13.3. The molecule has 94 valence electrons. The molecule has 0 saturated carbocycles. The van der Waals surface area contributed by atoms with Crippen molar-refractivity contribution in [1.29, 1.82) is 0 Å². The van der Waals surface area contributed by atoms with E-state index in [9.17, 15) is 4.79 Å². The molecule has 1 aromatic heterocycles. The monoisotopic (exact) mass is 327 g/mol. The van der Waals surface area contributed by atoms with Gasteiger partial charge in [-0.25, -0.2) is 0 Å². The number of anilines is 1. The number of aromatic amines is 1. The Morgan fingerprint density at radius 3 is 2.78 bits per heavy atom. The molecular weight excluding hydrogens is 318 g/mol. The largest absolute Gasteiger partial charge is 0.321 e. The van der Waals surface area contributed by atoms with E-state index in [2.05, 4.69) is 31.4 Å². The van der Waals surface area contributed by atoms with E-state index in [1.165, 1.54) is 0 Å². The van der Waals surface area contributed by atoms with Crippen LogP contribution in [0.25, 0.3) is 0 Å². The molecule has 0 atom stereocenters. The molecule has 0 saturated heterocycles. The summed E-state index contributed by atoms with van der Waals surface area (Å²) in [5, 5.41) is 10.1. The Kier molecular flexibility index (Phi) is 3.73. The van der Waals surface area contributed by atoms with Gasteiger partial charge in [0.2, 0.25) is 0 Å². The molecular formula is C12H11BrClN3O. The average Bonchev–Trinajstić information content (AvgIpc) is 2.65. The fourth-order valence-electron chi connectivity index (χ4n) is 1.67. The van der Waals surface area contributed by atoms with Crippen LogP contribution >= 0.6 is 27.5 Å². The highest BCUT2D eigenvalue weighted by atomic mass is 79.9. The molecule has 0 aliphatic carbocycles. The van der Waals surface area contributed by atoms with E-state index in [1.54, 1.807) is 25.1 Å². The van der Waals surface area contributed by atoms with Gasteiger partial charge in [0.05, 0.1) is 26.4 Å². The summed E-state index contributed by atoms with van der Waals surface area (Å²) >= 11 is 9.31. The summed E-state index contributed by atoms with van der Waals surface area (Å²) in [6, 6.07) is 5.30. The highest BCUT2D eigenvalue weighted by molar-refractivity contribution is 9.10. The number of H-pyrrole nitrogens is 1.